The largest absolute Gasteiger partial charge is 0.390 e. The predicted molar refractivity (Wildman–Crippen MR) is 104 cm³/mol. The second kappa shape index (κ2) is 7.74. The lowest BCUT2D eigenvalue weighted by molar-refractivity contribution is -0.174. The molecule has 0 saturated carbocycles. The lowest BCUT2D eigenvalue weighted by atomic mass is 10.1. The zero-order valence-corrected chi connectivity index (χ0v) is 18.5. The van der Waals surface area contributed by atoms with E-state index in [0.717, 1.165) is 0 Å². The summed E-state index contributed by atoms with van der Waals surface area (Å²) in [7, 11) is 0. The first-order valence-corrected chi connectivity index (χ1v) is 10.4. The quantitative estimate of drug-likeness (QED) is 0.759. The Bertz CT molecular complexity index is 752. The third-order valence-corrected chi connectivity index (χ3v) is 5.42. The van der Waals surface area contributed by atoms with Gasteiger partial charge in [0.25, 0.3) is 0 Å². The van der Waals surface area contributed by atoms with E-state index < -0.39 is 29.6 Å². The van der Waals surface area contributed by atoms with Crippen molar-refractivity contribution >= 4 is 0 Å². The highest BCUT2D eigenvalue weighted by Gasteiger charge is 2.50. The molecule has 0 radical (unpaired) electrons. The molecule has 3 fully saturated rings. The molecule has 5 unspecified atom stereocenters. The average Bonchev–Trinajstić information content (AvgIpc) is 3.29. The maximum atomic E-state index is 10.5. The van der Waals surface area contributed by atoms with E-state index in [1.807, 2.05) is 41.5 Å². The van der Waals surface area contributed by atoms with Crippen LogP contribution in [-0.2, 0) is 34.8 Å². The number of aromatic nitrogens is 2. The van der Waals surface area contributed by atoms with Crippen LogP contribution < -0.4 is 0 Å². The molecule has 3 aliphatic heterocycles. The molecule has 1 N–H and O–H groups in total. The van der Waals surface area contributed by atoms with Gasteiger partial charge >= 0.3 is 0 Å². The summed E-state index contributed by atoms with van der Waals surface area (Å²) in [5.41, 5.74) is 1.31. The van der Waals surface area contributed by atoms with Crippen molar-refractivity contribution in [3.8, 4) is 0 Å². The SMILES string of the molecule is CC1(C)OCC(C(O)Cc2cnc(C3OC(C)(C)OC3C3COC(C)(C)O3)cn2)O1. The van der Waals surface area contributed by atoms with Crippen molar-refractivity contribution in [3.05, 3.63) is 23.8 Å². The highest BCUT2D eigenvalue weighted by Crippen LogP contribution is 2.42. The van der Waals surface area contributed by atoms with Crippen molar-refractivity contribution in [3.63, 3.8) is 0 Å². The fourth-order valence-electron chi connectivity index (χ4n) is 4.03. The van der Waals surface area contributed by atoms with Gasteiger partial charge in [0.15, 0.2) is 17.4 Å². The number of hydrogen-bond acceptors (Lipinski definition) is 9. The summed E-state index contributed by atoms with van der Waals surface area (Å²) >= 11 is 0. The molecule has 3 saturated heterocycles. The molecule has 4 heterocycles. The second-order valence-electron chi connectivity index (χ2n) is 9.46. The van der Waals surface area contributed by atoms with E-state index in [9.17, 15) is 5.11 Å². The summed E-state index contributed by atoms with van der Waals surface area (Å²) in [5, 5.41) is 10.5. The topological polar surface area (TPSA) is 101 Å². The van der Waals surface area contributed by atoms with E-state index >= 15 is 0 Å². The predicted octanol–water partition coefficient (Wildman–Crippen LogP) is 1.88. The highest BCUT2D eigenvalue weighted by atomic mass is 16.8. The third-order valence-electron chi connectivity index (χ3n) is 5.42. The Labute approximate surface area is 177 Å². The molecule has 9 heteroatoms. The summed E-state index contributed by atoms with van der Waals surface area (Å²) in [6, 6.07) is 0. The van der Waals surface area contributed by atoms with Crippen LogP contribution >= 0.6 is 0 Å². The Morgan fingerprint density at radius 3 is 2.17 bits per heavy atom. The monoisotopic (exact) mass is 424 g/mol. The normalized spacial score (nSPS) is 35.6. The summed E-state index contributed by atoms with van der Waals surface area (Å²) < 4.78 is 35.1. The van der Waals surface area contributed by atoms with Gasteiger partial charge in [0.2, 0.25) is 0 Å². The van der Waals surface area contributed by atoms with Crippen LogP contribution in [0.4, 0.5) is 0 Å². The molecule has 0 aliphatic carbocycles. The Balaban J connectivity index is 1.43. The molecule has 0 amide bonds. The van der Waals surface area contributed by atoms with Crippen molar-refractivity contribution < 1.29 is 33.5 Å². The minimum absolute atomic E-state index is 0.266. The summed E-state index contributed by atoms with van der Waals surface area (Å²) in [6.45, 7) is 11.9. The molecule has 0 bridgehead atoms. The molecule has 3 aliphatic rings. The molecule has 1 aromatic rings. The number of hydrogen-bond donors (Lipinski definition) is 1. The van der Waals surface area contributed by atoms with E-state index in [2.05, 4.69) is 9.97 Å². The summed E-state index contributed by atoms with van der Waals surface area (Å²) in [6.07, 6.45) is 1.47. The fourth-order valence-corrected chi connectivity index (χ4v) is 4.03. The number of ether oxygens (including phenoxy) is 6. The Kier molecular flexibility index (Phi) is 5.68. The molecule has 1 aromatic heterocycles. The second-order valence-corrected chi connectivity index (χ2v) is 9.46. The number of aliphatic hydroxyl groups is 1. The van der Waals surface area contributed by atoms with Crippen LogP contribution in [0, 0.1) is 0 Å². The first-order valence-electron chi connectivity index (χ1n) is 10.4. The maximum absolute atomic E-state index is 10.5. The summed E-state index contributed by atoms with van der Waals surface area (Å²) in [5.74, 6) is -2.10. The van der Waals surface area contributed by atoms with Crippen LogP contribution in [0.1, 0.15) is 59.0 Å². The van der Waals surface area contributed by atoms with Crippen molar-refractivity contribution in [2.75, 3.05) is 13.2 Å². The van der Waals surface area contributed by atoms with Gasteiger partial charge in [0.1, 0.15) is 24.4 Å². The van der Waals surface area contributed by atoms with Gasteiger partial charge in [-0.1, -0.05) is 0 Å². The standard InChI is InChI=1S/C21H32N2O7/c1-19(2)25-10-15(27-19)14(24)7-12-8-23-13(9-22-12)17-18(30-21(5,6)29-17)16-11-26-20(3,4)28-16/h8-9,14-18,24H,7,10-11H2,1-6H3. The molecular weight excluding hydrogens is 392 g/mol. The van der Waals surface area contributed by atoms with Crippen LogP contribution in [0.25, 0.3) is 0 Å². The lowest BCUT2D eigenvalue weighted by Gasteiger charge is -2.23. The minimum atomic E-state index is -0.769. The zero-order valence-electron chi connectivity index (χ0n) is 18.5. The first kappa shape index (κ1) is 22.0. The van der Waals surface area contributed by atoms with Gasteiger partial charge in [-0.2, -0.15) is 0 Å². The van der Waals surface area contributed by atoms with Crippen LogP contribution in [0.2, 0.25) is 0 Å². The van der Waals surface area contributed by atoms with E-state index in [0.29, 0.717) is 31.0 Å². The van der Waals surface area contributed by atoms with E-state index in [-0.39, 0.29) is 18.3 Å². The van der Waals surface area contributed by atoms with E-state index in [1.54, 1.807) is 12.4 Å². The molecular formula is C21H32N2O7. The van der Waals surface area contributed by atoms with Gasteiger partial charge in [-0.05, 0) is 41.5 Å². The number of nitrogens with zero attached hydrogens (tertiary/aromatic N) is 2. The summed E-state index contributed by atoms with van der Waals surface area (Å²) in [4.78, 5) is 9.03. The van der Waals surface area contributed by atoms with Crippen molar-refractivity contribution in [1.82, 2.24) is 9.97 Å². The van der Waals surface area contributed by atoms with Crippen LogP contribution in [-0.4, -0.2) is 70.1 Å². The van der Waals surface area contributed by atoms with Crippen LogP contribution in [0.15, 0.2) is 12.4 Å². The molecule has 0 spiro atoms. The van der Waals surface area contributed by atoms with Crippen molar-refractivity contribution in [2.24, 2.45) is 0 Å². The Morgan fingerprint density at radius 1 is 0.900 bits per heavy atom. The molecule has 30 heavy (non-hydrogen) atoms. The first-order chi connectivity index (χ1) is 13.9. The van der Waals surface area contributed by atoms with Gasteiger partial charge in [0, 0.05) is 12.6 Å². The lowest BCUT2D eigenvalue weighted by Crippen LogP contribution is -2.35. The number of rotatable bonds is 5. The van der Waals surface area contributed by atoms with Crippen LogP contribution in [0.5, 0.6) is 0 Å². The van der Waals surface area contributed by atoms with E-state index in [4.69, 9.17) is 28.4 Å². The average molecular weight is 424 g/mol. The van der Waals surface area contributed by atoms with E-state index in [1.165, 1.54) is 0 Å². The van der Waals surface area contributed by atoms with Crippen LogP contribution in [0.3, 0.4) is 0 Å². The molecule has 0 aromatic carbocycles. The molecule has 4 rings (SSSR count). The number of aliphatic hydroxyl groups excluding tert-OH is 1. The fraction of sp³-hybridized carbons (Fsp3) is 0.810. The molecule has 9 nitrogen and oxygen atoms in total. The zero-order chi connectivity index (χ0) is 21.7. The molecule has 5 atom stereocenters. The van der Waals surface area contributed by atoms with Gasteiger partial charge in [0.05, 0.1) is 36.9 Å². The Hall–Kier alpha value is -1.20. The van der Waals surface area contributed by atoms with Crippen molar-refractivity contribution in [2.45, 2.75) is 95.8 Å². The van der Waals surface area contributed by atoms with Gasteiger partial charge in [-0.15, -0.1) is 0 Å². The smallest absolute Gasteiger partial charge is 0.164 e. The van der Waals surface area contributed by atoms with Gasteiger partial charge in [-0.25, -0.2) is 0 Å². The highest BCUT2D eigenvalue weighted by molar-refractivity contribution is 5.11. The van der Waals surface area contributed by atoms with Gasteiger partial charge in [-0.3, -0.25) is 9.97 Å². The van der Waals surface area contributed by atoms with Gasteiger partial charge < -0.3 is 33.5 Å². The minimum Gasteiger partial charge on any atom is -0.390 e. The third kappa shape index (κ3) is 4.83. The Morgan fingerprint density at radius 2 is 1.60 bits per heavy atom. The maximum Gasteiger partial charge on any atom is 0.164 e. The van der Waals surface area contributed by atoms with Crippen molar-refractivity contribution in [1.29, 1.82) is 0 Å². The molecule has 168 valence electrons.